The quantitative estimate of drug-likeness (QED) is 0.702. The summed E-state index contributed by atoms with van der Waals surface area (Å²) in [4.78, 5) is 1.27. The van der Waals surface area contributed by atoms with Gasteiger partial charge in [0.25, 0.3) is 0 Å². The van der Waals surface area contributed by atoms with Gasteiger partial charge in [0.15, 0.2) is 0 Å². The first-order valence-corrected chi connectivity index (χ1v) is 8.74. The maximum Gasteiger partial charge on any atom is 0.0423 e. The normalized spacial score (nSPS) is 12.5. The van der Waals surface area contributed by atoms with Gasteiger partial charge in [-0.15, -0.1) is 11.8 Å². The molecule has 1 nitrogen and oxygen atoms in total. The molecule has 0 radical (unpaired) electrons. The topological polar surface area (TPSA) is 12.0 Å². The van der Waals surface area contributed by atoms with Gasteiger partial charge in [-0.25, -0.2) is 0 Å². The molecule has 0 fully saturated rings. The van der Waals surface area contributed by atoms with Crippen LogP contribution in [-0.4, -0.2) is 12.3 Å². The summed E-state index contributed by atoms with van der Waals surface area (Å²) >= 11 is 9.53. The molecule has 2 rings (SSSR count). The van der Waals surface area contributed by atoms with Gasteiger partial charge in [0.2, 0.25) is 0 Å². The van der Waals surface area contributed by atoms with Gasteiger partial charge < -0.3 is 5.32 Å². The van der Waals surface area contributed by atoms with Crippen LogP contribution in [0.15, 0.2) is 46.0 Å². The summed E-state index contributed by atoms with van der Waals surface area (Å²) in [6, 6.07) is 10.7. The van der Waals surface area contributed by atoms with E-state index in [1.54, 1.807) is 11.3 Å². The minimum absolute atomic E-state index is 0.423. The molecule has 0 aliphatic carbocycles. The molecule has 2 aromatic rings. The number of thioether (sulfide) groups is 1. The molecule has 1 aromatic heterocycles. The molecule has 1 atom stereocenters. The molecule has 0 bridgehead atoms. The largest absolute Gasteiger partial charge is 0.309 e. The van der Waals surface area contributed by atoms with E-state index < -0.39 is 0 Å². The van der Waals surface area contributed by atoms with Crippen molar-refractivity contribution in [2.24, 2.45) is 0 Å². The van der Waals surface area contributed by atoms with E-state index in [1.165, 1.54) is 10.5 Å². The molecule has 1 heterocycles. The Balaban J connectivity index is 1.94. The second-order valence-electron chi connectivity index (χ2n) is 4.33. The van der Waals surface area contributed by atoms with E-state index in [0.717, 1.165) is 23.7 Å². The maximum atomic E-state index is 5.90. The van der Waals surface area contributed by atoms with Crippen LogP contribution in [0.3, 0.4) is 0 Å². The van der Waals surface area contributed by atoms with Crippen LogP contribution in [0.4, 0.5) is 0 Å². The fourth-order valence-electron chi connectivity index (χ4n) is 1.78. The summed E-state index contributed by atoms with van der Waals surface area (Å²) in [5.41, 5.74) is 1.39. The first-order chi connectivity index (χ1) is 9.29. The predicted molar refractivity (Wildman–Crippen MR) is 87.5 cm³/mol. The number of hydrogen-bond acceptors (Lipinski definition) is 3. The van der Waals surface area contributed by atoms with Crippen LogP contribution in [0.2, 0.25) is 5.02 Å². The van der Waals surface area contributed by atoms with E-state index in [4.69, 9.17) is 11.6 Å². The zero-order valence-electron chi connectivity index (χ0n) is 10.9. The Kier molecular flexibility index (Phi) is 6.24. The molecule has 0 aliphatic heterocycles. The van der Waals surface area contributed by atoms with Crippen LogP contribution < -0.4 is 5.32 Å². The lowest BCUT2D eigenvalue weighted by atomic mass is 10.2. The molecule has 102 valence electrons. The van der Waals surface area contributed by atoms with Crippen molar-refractivity contribution < 1.29 is 0 Å². The lowest BCUT2D eigenvalue weighted by molar-refractivity contribution is 0.579. The molecule has 0 spiro atoms. The fourth-order valence-corrected chi connectivity index (χ4v) is 3.61. The molecular formula is C15H18ClNS2. The van der Waals surface area contributed by atoms with Crippen LogP contribution in [-0.2, 0) is 0 Å². The minimum Gasteiger partial charge on any atom is -0.309 e. The zero-order valence-corrected chi connectivity index (χ0v) is 13.3. The molecule has 0 amide bonds. The summed E-state index contributed by atoms with van der Waals surface area (Å²) in [6.07, 6.45) is 1.16. The summed E-state index contributed by atoms with van der Waals surface area (Å²) in [6.45, 7) is 3.26. The van der Waals surface area contributed by atoms with E-state index >= 15 is 0 Å². The smallest absolute Gasteiger partial charge is 0.0423 e. The maximum absolute atomic E-state index is 5.90. The highest BCUT2D eigenvalue weighted by Gasteiger charge is 2.11. The molecule has 1 aromatic carbocycles. The molecule has 1 unspecified atom stereocenters. The summed E-state index contributed by atoms with van der Waals surface area (Å²) < 4.78 is 0. The van der Waals surface area contributed by atoms with Crippen molar-refractivity contribution in [1.82, 2.24) is 5.32 Å². The highest BCUT2D eigenvalue weighted by molar-refractivity contribution is 7.99. The second kappa shape index (κ2) is 7.95. The Hall–Kier alpha value is -0.480. The van der Waals surface area contributed by atoms with E-state index in [1.807, 2.05) is 23.9 Å². The van der Waals surface area contributed by atoms with Crippen molar-refractivity contribution >= 4 is 34.7 Å². The summed E-state index contributed by atoms with van der Waals surface area (Å²) in [5, 5.41) is 8.78. The van der Waals surface area contributed by atoms with Crippen LogP contribution in [0.5, 0.6) is 0 Å². The zero-order chi connectivity index (χ0) is 13.5. The van der Waals surface area contributed by atoms with Gasteiger partial charge in [-0.05, 0) is 59.6 Å². The van der Waals surface area contributed by atoms with E-state index in [0.29, 0.717) is 6.04 Å². The lowest BCUT2D eigenvalue weighted by Gasteiger charge is -2.17. The highest BCUT2D eigenvalue weighted by Crippen LogP contribution is 2.26. The highest BCUT2D eigenvalue weighted by atomic mass is 35.5. The number of hydrogen-bond donors (Lipinski definition) is 1. The van der Waals surface area contributed by atoms with Gasteiger partial charge in [0, 0.05) is 21.7 Å². The monoisotopic (exact) mass is 311 g/mol. The SMILES string of the molecule is CCCNC(CSc1ccc(Cl)cc1)c1ccsc1. The van der Waals surface area contributed by atoms with Crippen LogP contribution in [0.25, 0.3) is 0 Å². The van der Waals surface area contributed by atoms with E-state index in [9.17, 15) is 0 Å². The van der Waals surface area contributed by atoms with Gasteiger partial charge >= 0.3 is 0 Å². The number of rotatable bonds is 7. The first-order valence-electron chi connectivity index (χ1n) is 6.43. The number of benzene rings is 1. The van der Waals surface area contributed by atoms with Gasteiger partial charge in [-0.3, -0.25) is 0 Å². The van der Waals surface area contributed by atoms with Crippen molar-refractivity contribution in [2.45, 2.75) is 24.3 Å². The van der Waals surface area contributed by atoms with Gasteiger partial charge in [-0.2, -0.15) is 11.3 Å². The average molecular weight is 312 g/mol. The Bertz CT molecular complexity index is 467. The number of halogens is 1. The summed E-state index contributed by atoms with van der Waals surface area (Å²) in [7, 11) is 0. The van der Waals surface area contributed by atoms with Crippen LogP contribution >= 0.6 is 34.7 Å². The van der Waals surface area contributed by atoms with Crippen molar-refractivity contribution in [2.75, 3.05) is 12.3 Å². The third-order valence-electron chi connectivity index (χ3n) is 2.82. The second-order valence-corrected chi connectivity index (χ2v) is 6.64. The van der Waals surface area contributed by atoms with Crippen molar-refractivity contribution in [3.8, 4) is 0 Å². The predicted octanol–water partition coefficient (Wildman–Crippen LogP) is 5.23. The first kappa shape index (κ1) is 14.9. The Morgan fingerprint density at radius 1 is 1.26 bits per heavy atom. The van der Waals surface area contributed by atoms with Gasteiger partial charge in [-0.1, -0.05) is 18.5 Å². The molecule has 0 aliphatic rings. The van der Waals surface area contributed by atoms with Crippen LogP contribution in [0.1, 0.15) is 24.9 Å². The number of nitrogens with one attached hydrogen (secondary N) is 1. The lowest BCUT2D eigenvalue weighted by Crippen LogP contribution is -2.23. The molecule has 4 heteroatoms. The Morgan fingerprint density at radius 2 is 2.05 bits per heavy atom. The van der Waals surface area contributed by atoms with E-state index in [-0.39, 0.29) is 0 Å². The van der Waals surface area contributed by atoms with Gasteiger partial charge in [0.05, 0.1) is 0 Å². The molecule has 19 heavy (non-hydrogen) atoms. The third kappa shape index (κ3) is 4.84. The average Bonchev–Trinajstić information content (AvgIpc) is 2.95. The van der Waals surface area contributed by atoms with E-state index in [2.05, 4.69) is 41.2 Å². The summed E-state index contributed by atoms with van der Waals surface area (Å²) in [5.74, 6) is 1.04. The third-order valence-corrected chi connectivity index (χ3v) is 4.88. The van der Waals surface area contributed by atoms with Crippen molar-refractivity contribution in [3.05, 3.63) is 51.7 Å². The molecule has 0 saturated carbocycles. The Morgan fingerprint density at radius 3 is 2.68 bits per heavy atom. The number of thiophene rings is 1. The van der Waals surface area contributed by atoms with Gasteiger partial charge in [0.1, 0.15) is 0 Å². The minimum atomic E-state index is 0.423. The Labute approximate surface area is 128 Å². The fraction of sp³-hybridized carbons (Fsp3) is 0.333. The van der Waals surface area contributed by atoms with Crippen LogP contribution in [0, 0.1) is 0 Å². The standard InChI is InChI=1S/C15H18ClNS2/c1-2-8-17-15(12-7-9-18-10-12)11-19-14-5-3-13(16)4-6-14/h3-7,9-10,15,17H,2,8,11H2,1H3. The molecule has 0 saturated heterocycles. The van der Waals surface area contributed by atoms with Crippen molar-refractivity contribution in [3.63, 3.8) is 0 Å². The molecule has 1 N–H and O–H groups in total. The van der Waals surface area contributed by atoms with Crippen molar-refractivity contribution in [1.29, 1.82) is 0 Å². The molecular weight excluding hydrogens is 294 g/mol.